The highest BCUT2D eigenvalue weighted by Gasteiger charge is 2.58. The van der Waals surface area contributed by atoms with E-state index in [2.05, 4.69) is 89.2 Å². The van der Waals surface area contributed by atoms with Gasteiger partial charge in [-0.1, -0.05) is 121 Å². The maximum Gasteiger partial charge on any atom is 0.336 e. The number of ether oxygens (including phenoxy) is 4. The van der Waals surface area contributed by atoms with Crippen LogP contribution in [0.15, 0.2) is 56.2 Å². The van der Waals surface area contributed by atoms with Crippen LogP contribution >= 0.6 is 0 Å². The van der Waals surface area contributed by atoms with Gasteiger partial charge in [-0.2, -0.15) is 0 Å². The number of ketones is 1. The van der Waals surface area contributed by atoms with Crippen molar-refractivity contribution in [3.8, 4) is 0 Å². The molecule has 0 aromatic rings. The summed E-state index contributed by atoms with van der Waals surface area (Å²) in [5.41, 5.74) is 10.9. The number of carbonyl (C=O) groups is 5. The Balaban J connectivity index is 0.000000111. The van der Waals surface area contributed by atoms with E-state index in [9.17, 15) is 39.3 Å². The van der Waals surface area contributed by atoms with Crippen molar-refractivity contribution < 1.29 is 58.2 Å². The second-order valence-corrected chi connectivity index (χ2v) is 33.2. The Hall–Kier alpha value is -3.87. The highest BCUT2D eigenvalue weighted by atomic mass is 16.6. The molecule has 12 heteroatoms. The summed E-state index contributed by atoms with van der Waals surface area (Å²) in [5, 5.41) is 30.3. The molecule has 15 rings (SSSR count). The third-order valence-corrected chi connectivity index (χ3v) is 26.4. The van der Waals surface area contributed by atoms with Crippen molar-refractivity contribution in [1.29, 1.82) is 0 Å². The Bertz CT molecular complexity index is 2780. The second kappa shape index (κ2) is 22.9. The van der Waals surface area contributed by atoms with Gasteiger partial charge in [-0.3, -0.25) is 9.59 Å². The lowest BCUT2D eigenvalue weighted by molar-refractivity contribution is -0.154. The van der Waals surface area contributed by atoms with Crippen LogP contribution < -0.4 is 0 Å². The lowest BCUT2D eigenvalue weighted by atomic mass is 9.50. The van der Waals surface area contributed by atoms with E-state index in [1.54, 1.807) is 0 Å². The fourth-order valence-corrected chi connectivity index (χ4v) is 22.2. The van der Waals surface area contributed by atoms with Crippen molar-refractivity contribution in [2.24, 2.45) is 91.2 Å². The van der Waals surface area contributed by atoms with Crippen molar-refractivity contribution in [1.82, 2.24) is 0 Å². The third-order valence-electron chi connectivity index (χ3n) is 26.4. The first-order chi connectivity index (χ1) is 39.9. The zero-order chi connectivity index (χ0) is 61.1. The largest absolute Gasteiger partial charge is 0.461 e. The molecule has 3 N–H and O–H groups in total. The highest BCUT2D eigenvalue weighted by Crippen LogP contribution is 2.64. The number of cyclic esters (lactones) is 4. The van der Waals surface area contributed by atoms with Crippen LogP contribution in [0.1, 0.15) is 244 Å². The second-order valence-electron chi connectivity index (χ2n) is 33.2. The van der Waals surface area contributed by atoms with Crippen molar-refractivity contribution in [3.63, 3.8) is 0 Å². The lowest BCUT2D eigenvalue weighted by Gasteiger charge is -2.54. The maximum atomic E-state index is 12.0. The van der Waals surface area contributed by atoms with Crippen LogP contribution in [0.3, 0.4) is 0 Å². The molecule has 470 valence electrons. The molecule has 15 aliphatic rings. The fraction of sp³-hybridized carbons (Fsp3) is 0.795. The molecule has 4 aliphatic heterocycles. The van der Waals surface area contributed by atoms with Gasteiger partial charge in [0.05, 0.1) is 12.0 Å². The van der Waals surface area contributed by atoms with Crippen LogP contribution in [0.2, 0.25) is 0 Å². The molecule has 12 nitrogen and oxygen atoms in total. The smallest absolute Gasteiger partial charge is 0.336 e. The quantitative estimate of drug-likeness (QED) is 0.119. The first kappa shape index (κ1) is 62.7. The molecule has 6 fully saturated rings. The minimum atomic E-state index is -0.991. The predicted octanol–water partition coefficient (Wildman–Crippen LogP) is 14.4. The fourth-order valence-electron chi connectivity index (χ4n) is 22.2. The number of aliphatic hydroxyl groups excluding tert-OH is 3. The third kappa shape index (κ3) is 11.1. The average molecular weight is 1180 g/mol. The van der Waals surface area contributed by atoms with Gasteiger partial charge in [-0.15, -0.1) is 0 Å². The van der Waals surface area contributed by atoms with Gasteiger partial charge >= 0.3 is 23.9 Å². The normalized spacial score (nSPS) is 40.6. The van der Waals surface area contributed by atoms with Crippen LogP contribution in [0.4, 0.5) is 0 Å². The molecule has 0 amide bonds. The van der Waals surface area contributed by atoms with Gasteiger partial charge in [0.15, 0.2) is 5.78 Å². The number of Topliss-reactive ketones (excluding diaryl/α,β-unsaturated/α-hetero) is 1. The molecule has 0 aromatic carbocycles. The first-order valence-corrected chi connectivity index (χ1v) is 33.9. The number of allylic oxidation sites excluding steroid dienone is 2. The zero-order valence-corrected chi connectivity index (χ0v) is 54.1. The Morgan fingerprint density at radius 3 is 1.60 bits per heavy atom. The number of hydrogen-bond acceptors (Lipinski definition) is 12. The van der Waals surface area contributed by atoms with E-state index in [0.29, 0.717) is 82.7 Å². The van der Waals surface area contributed by atoms with Gasteiger partial charge in [0.1, 0.15) is 13.2 Å². The maximum absolute atomic E-state index is 12.0. The first-order valence-electron chi connectivity index (χ1n) is 33.9. The Labute approximate surface area is 508 Å². The van der Waals surface area contributed by atoms with Crippen LogP contribution in [0.25, 0.3) is 0 Å². The SMILES string of the molecule is CC1(C)CCCC2(C)C3=C(CCC12)C(=O)CC3O.CC1(C)CCCC2(C)C3=C(CCC12)C(=O)OC3O.CC1(C)CCCC2C3=C(CCC21)C(=O)OC3.CC1(C)CCCC2C3=C(CCC21)C(=O)OC3O.CC1(C)CCCC2C3C(=O)OCC3=CCC21. The molecule has 5 saturated carbocycles. The molecule has 11 aliphatic carbocycles. The number of rotatable bonds is 0. The molecular formula is C73H106O12. The number of carbonyl (C=O) groups excluding carboxylic acids is 5. The molecule has 0 radical (unpaired) electrons. The van der Waals surface area contributed by atoms with Crippen LogP contribution in [0.5, 0.6) is 0 Å². The molecule has 14 atom stereocenters. The molecular weight excluding hydrogens is 1070 g/mol. The van der Waals surface area contributed by atoms with Gasteiger partial charge in [0, 0.05) is 34.3 Å². The van der Waals surface area contributed by atoms with E-state index in [4.69, 9.17) is 18.9 Å². The topological polar surface area (TPSA) is 183 Å². The van der Waals surface area contributed by atoms with Crippen LogP contribution in [-0.2, 0) is 42.9 Å². The molecule has 14 unspecified atom stereocenters. The molecule has 4 heterocycles. The number of hydrogen-bond donors (Lipinski definition) is 3. The molecule has 85 heavy (non-hydrogen) atoms. The van der Waals surface area contributed by atoms with Gasteiger partial charge in [0.2, 0.25) is 12.6 Å². The van der Waals surface area contributed by atoms with Crippen molar-refractivity contribution in [2.75, 3.05) is 13.2 Å². The monoisotopic (exact) mass is 1170 g/mol. The summed E-state index contributed by atoms with van der Waals surface area (Å²) < 4.78 is 20.4. The van der Waals surface area contributed by atoms with Gasteiger partial charge < -0.3 is 34.3 Å². The highest BCUT2D eigenvalue weighted by molar-refractivity contribution is 6.00. The van der Waals surface area contributed by atoms with Crippen molar-refractivity contribution in [2.45, 2.75) is 262 Å². The Morgan fingerprint density at radius 1 is 0.459 bits per heavy atom. The van der Waals surface area contributed by atoms with E-state index in [1.165, 1.54) is 88.2 Å². The summed E-state index contributed by atoms with van der Waals surface area (Å²) >= 11 is 0. The van der Waals surface area contributed by atoms with Gasteiger partial charge in [-0.05, 0) is 230 Å². The van der Waals surface area contributed by atoms with Crippen LogP contribution in [-0.4, -0.2) is 76.9 Å². The van der Waals surface area contributed by atoms with E-state index in [1.807, 2.05) is 0 Å². The molecule has 0 aromatic heterocycles. The van der Waals surface area contributed by atoms with E-state index >= 15 is 0 Å². The summed E-state index contributed by atoms with van der Waals surface area (Å²) in [6, 6.07) is 0. The number of fused-ring (bicyclic) bond motifs is 11. The minimum Gasteiger partial charge on any atom is -0.461 e. The minimum absolute atomic E-state index is 0.0307. The zero-order valence-electron chi connectivity index (χ0n) is 54.1. The summed E-state index contributed by atoms with van der Waals surface area (Å²) in [7, 11) is 0. The van der Waals surface area contributed by atoms with Crippen molar-refractivity contribution >= 4 is 29.7 Å². The lowest BCUT2D eigenvalue weighted by Crippen LogP contribution is -2.46. The molecule has 0 spiro atoms. The predicted molar refractivity (Wildman–Crippen MR) is 325 cm³/mol. The average Bonchev–Trinajstić information content (AvgIpc) is 1.90. The number of esters is 4. The van der Waals surface area contributed by atoms with Crippen LogP contribution in [0, 0.1) is 91.2 Å². The molecule has 0 bridgehead atoms. The Kier molecular flexibility index (Phi) is 16.9. The van der Waals surface area contributed by atoms with Crippen molar-refractivity contribution in [3.05, 3.63) is 56.2 Å². The van der Waals surface area contributed by atoms with Gasteiger partial charge in [0.25, 0.3) is 0 Å². The van der Waals surface area contributed by atoms with E-state index < -0.39 is 18.7 Å². The summed E-state index contributed by atoms with van der Waals surface area (Å²) in [5.74, 6) is 4.53. The summed E-state index contributed by atoms with van der Waals surface area (Å²) in [6.07, 6.45) is 27.5. The van der Waals surface area contributed by atoms with E-state index in [-0.39, 0.29) is 51.8 Å². The summed E-state index contributed by atoms with van der Waals surface area (Å²) in [4.78, 5) is 58.7. The Morgan fingerprint density at radius 2 is 0.965 bits per heavy atom. The number of aliphatic hydroxyl groups is 3. The van der Waals surface area contributed by atoms with Gasteiger partial charge in [-0.25, -0.2) is 14.4 Å². The standard InChI is InChI=1S/C16H24O2.C15H22O3.C14H20O3.2C14H20O2/c1-15(2)7-4-8-16(3)13(15)6-5-10-11(17)9-12(18)14(10)16;1-14(2)7-4-8-15(3)10(14)6-5-9-11(15)13(17)18-12(9)16;1-14(2)7-3-4-8-10(14)6-5-9-11(8)13(16)17-12(9)15;1-14(2)7-3-4-10-11(14)6-5-9-8-16-13(15)12(9)10;1-14(2)7-3-4-9-11-8-16-13(15)10(11)5-6-12(9)14/h12-13,18H,4-9H2,1-3H3;10,13,17H,4-8H2,1-3H3;8,10,13,16H,3-7H2,1-2H3;5,10-12H,3-4,6-8H2,1-2H3;9,12H,3-8H2,1-2H3. The van der Waals surface area contributed by atoms with E-state index in [0.717, 1.165) is 122 Å². The summed E-state index contributed by atoms with van der Waals surface area (Å²) in [6.45, 7) is 29.2. The molecule has 1 saturated heterocycles.